The Morgan fingerprint density at radius 1 is 1.28 bits per heavy atom. The number of hydrogen-bond donors (Lipinski definition) is 7. The molecule has 0 spiro atoms. The molecule has 106 valence electrons. The number of thiol groups is 1. The second-order valence-electron chi connectivity index (χ2n) is 3.63. The summed E-state index contributed by atoms with van der Waals surface area (Å²) in [6.45, 7) is -0.807. The maximum atomic E-state index is 10.7. The summed E-state index contributed by atoms with van der Waals surface area (Å²) < 4.78 is 0. The van der Waals surface area contributed by atoms with E-state index in [2.05, 4.69) is 17.9 Å². The molecule has 0 saturated heterocycles. The molecule has 6 N–H and O–H groups in total. The lowest BCUT2D eigenvalue weighted by molar-refractivity contribution is -0.140. The van der Waals surface area contributed by atoms with Gasteiger partial charge in [0.1, 0.15) is 30.6 Å². The van der Waals surface area contributed by atoms with Gasteiger partial charge in [-0.25, -0.2) is 0 Å². The number of aliphatic carboxylic acids is 1. The quantitative estimate of drug-likeness (QED) is 0.171. The number of carboxylic acid groups (broad SMARTS) is 1. The van der Waals surface area contributed by atoms with Crippen LogP contribution in [0, 0.1) is 0 Å². The van der Waals surface area contributed by atoms with Crippen molar-refractivity contribution >= 4 is 24.9 Å². The van der Waals surface area contributed by atoms with Gasteiger partial charge in [0.15, 0.2) is 0 Å². The van der Waals surface area contributed by atoms with Crippen molar-refractivity contribution in [2.45, 2.75) is 30.4 Å². The van der Waals surface area contributed by atoms with Crippen LogP contribution in [-0.4, -0.2) is 80.5 Å². The van der Waals surface area contributed by atoms with Gasteiger partial charge in [-0.2, -0.15) is 12.6 Å². The zero-order valence-corrected chi connectivity index (χ0v) is 10.3. The van der Waals surface area contributed by atoms with Crippen LogP contribution in [0.3, 0.4) is 0 Å². The van der Waals surface area contributed by atoms with Crippen LogP contribution in [0.4, 0.5) is 0 Å². The molecule has 0 bridgehead atoms. The molecule has 9 heteroatoms. The van der Waals surface area contributed by atoms with E-state index in [1.165, 1.54) is 0 Å². The molecule has 0 unspecified atom stereocenters. The predicted octanol–water partition coefficient (Wildman–Crippen LogP) is -3.40. The van der Waals surface area contributed by atoms with E-state index < -0.39 is 43.0 Å². The van der Waals surface area contributed by atoms with E-state index in [9.17, 15) is 19.8 Å². The summed E-state index contributed by atoms with van der Waals surface area (Å²) in [7, 11) is 0. The van der Waals surface area contributed by atoms with Gasteiger partial charge in [-0.1, -0.05) is 0 Å². The van der Waals surface area contributed by atoms with Crippen molar-refractivity contribution in [1.29, 1.82) is 0 Å². The van der Waals surface area contributed by atoms with Gasteiger partial charge in [0.25, 0.3) is 0 Å². The van der Waals surface area contributed by atoms with Gasteiger partial charge in [-0.3, -0.25) is 10.1 Å². The molecule has 5 atom stereocenters. The van der Waals surface area contributed by atoms with Crippen molar-refractivity contribution in [1.82, 2.24) is 5.32 Å². The molecule has 0 rings (SSSR count). The molecular formula is C9H17NO7S. The number of carbonyl (C=O) groups is 2. The average Bonchev–Trinajstić information content (AvgIpc) is 2.37. The van der Waals surface area contributed by atoms with Gasteiger partial charge in [0.05, 0.1) is 12.6 Å². The fraction of sp³-hybridized carbons (Fsp3) is 0.778. The van der Waals surface area contributed by atoms with Crippen molar-refractivity contribution in [3.05, 3.63) is 0 Å². The van der Waals surface area contributed by atoms with Gasteiger partial charge in [-0.15, -0.1) is 0 Å². The zero-order chi connectivity index (χ0) is 14.3. The summed E-state index contributed by atoms with van der Waals surface area (Å²) in [4.78, 5) is 21.4. The van der Waals surface area contributed by atoms with Crippen LogP contribution in [0.25, 0.3) is 0 Å². The minimum atomic E-state index is -1.79. The molecule has 8 nitrogen and oxygen atoms in total. The molecule has 0 amide bonds. The lowest BCUT2D eigenvalue weighted by Gasteiger charge is -2.27. The number of aldehydes is 1. The van der Waals surface area contributed by atoms with Crippen LogP contribution in [0.5, 0.6) is 0 Å². The second kappa shape index (κ2) is 8.40. The van der Waals surface area contributed by atoms with Gasteiger partial charge in [0.2, 0.25) is 0 Å². The van der Waals surface area contributed by atoms with E-state index in [4.69, 9.17) is 15.3 Å². The summed E-state index contributed by atoms with van der Waals surface area (Å²) in [5.74, 6) is -1.41. The molecule has 0 saturated carbocycles. The van der Waals surface area contributed by atoms with Crippen molar-refractivity contribution in [3.8, 4) is 0 Å². The van der Waals surface area contributed by atoms with Gasteiger partial charge in [-0.05, 0) is 0 Å². The minimum absolute atomic E-state index is 0.134. The molecular weight excluding hydrogens is 266 g/mol. The molecule has 0 heterocycles. The van der Waals surface area contributed by atoms with Crippen LogP contribution in [0.15, 0.2) is 0 Å². The van der Waals surface area contributed by atoms with Gasteiger partial charge < -0.3 is 30.3 Å². The number of nitrogens with one attached hydrogen (secondary N) is 1. The van der Waals surface area contributed by atoms with Crippen molar-refractivity contribution < 1.29 is 35.1 Å². The summed E-state index contributed by atoms with van der Waals surface area (Å²) >= 11 is 3.75. The fourth-order valence-corrected chi connectivity index (χ4v) is 1.46. The van der Waals surface area contributed by atoms with Crippen LogP contribution in [-0.2, 0) is 9.59 Å². The molecule has 0 aromatic heterocycles. The third kappa shape index (κ3) is 4.88. The maximum absolute atomic E-state index is 10.7. The van der Waals surface area contributed by atoms with Gasteiger partial charge in [0, 0.05) is 5.75 Å². The van der Waals surface area contributed by atoms with Crippen LogP contribution in [0.2, 0.25) is 0 Å². The Morgan fingerprint density at radius 3 is 2.17 bits per heavy atom. The standard InChI is InChI=1S/C9H17NO7S/c11-1-4(10-5(3-18)9(16)17)7(14)8(15)6(13)2-12/h1,4-8,10,12-15,18H,2-3H2,(H,16,17)/t4-,5-,6+,7+,8+/m0/s1. The van der Waals surface area contributed by atoms with E-state index in [0.29, 0.717) is 0 Å². The Kier molecular flexibility index (Phi) is 8.07. The van der Waals surface area contributed by atoms with E-state index in [1.807, 2.05) is 0 Å². The van der Waals surface area contributed by atoms with E-state index >= 15 is 0 Å². The number of carbonyl (C=O) groups excluding carboxylic acids is 1. The number of hydrogen-bond acceptors (Lipinski definition) is 8. The van der Waals surface area contributed by atoms with E-state index in [-0.39, 0.29) is 12.0 Å². The van der Waals surface area contributed by atoms with E-state index in [1.54, 1.807) is 0 Å². The smallest absolute Gasteiger partial charge is 0.321 e. The van der Waals surface area contributed by atoms with Crippen molar-refractivity contribution in [3.63, 3.8) is 0 Å². The molecule has 0 aliphatic carbocycles. The predicted molar refractivity (Wildman–Crippen MR) is 63.4 cm³/mol. The molecule has 0 aliphatic rings. The highest BCUT2D eigenvalue weighted by atomic mass is 32.1. The third-order valence-electron chi connectivity index (χ3n) is 2.32. The van der Waals surface area contributed by atoms with Crippen molar-refractivity contribution in [2.24, 2.45) is 0 Å². The summed E-state index contributed by atoms with van der Waals surface area (Å²) in [6.07, 6.45) is -4.97. The Balaban J connectivity index is 4.66. The van der Waals surface area contributed by atoms with Crippen LogP contribution in [0.1, 0.15) is 0 Å². The number of aliphatic hydroxyl groups excluding tert-OH is 4. The lowest BCUT2D eigenvalue weighted by atomic mass is 10.0. The first-order valence-corrected chi connectivity index (χ1v) is 5.72. The van der Waals surface area contributed by atoms with Gasteiger partial charge >= 0.3 is 5.97 Å². The molecule has 0 radical (unpaired) electrons. The maximum Gasteiger partial charge on any atom is 0.321 e. The normalized spacial score (nSPS) is 19.6. The summed E-state index contributed by atoms with van der Waals surface area (Å²) in [5, 5.41) is 47.7. The lowest BCUT2D eigenvalue weighted by Crippen LogP contribution is -2.56. The fourth-order valence-electron chi connectivity index (χ4n) is 1.20. The average molecular weight is 283 g/mol. The Hall–Kier alpha value is -0.710. The highest BCUT2D eigenvalue weighted by Crippen LogP contribution is 2.05. The Morgan fingerprint density at radius 2 is 1.83 bits per heavy atom. The van der Waals surface area contributed by atoms with E-state index in [0.717, 1.165) is 0 Å². The number of rotatable bonds is 9. The zero-order valence-electron chi connectivity index (χ0n) is 9.38. The second-order valence-corrected chi connectivity index (χ2v) is 4.00. The largest absolute Gasteiger partial charge is 0.480 e. The first-order chi connectivity index (χ1) is 8.38. The van der Waals surface area contributed by atoms with Crippen LogP contribution >= 0.6 is 12.6 Å². The molecule has 0 aliphatic heterocycles. The first kappa shape index (κ1) is 17.3. The van der Waals surface area contributed by atoms with Crippen molar-refractivity contribution in [2.75, 3.05) is 12.4 Å². The Bertz CT molecular complexity index is 278. The monoisotopic (exact) mass is 283 g/mol. The molecule has 0 aromatic rings. The SMILES string of the molecule is O=C[C@H](N[C@@H](CS)C(=O)O)[C@@H](O)[C@H](O)[C@H](O)CO. The number of carboxylic acids is 1. The first-order valence-electron chi connectivity index (χ1n) is 5.09. The van der Waals surface area contributed by atoms with Crippen LogP contribution < -0.4 is 5.32 Å². The molecule has 0 aromatic carbocycles. The topological polar surface area (TPSA) is 147 Å². The number of aliphatic hydroxyl groups is 4. The highest BCUT2D eigenvalue weighted by molar-refractivity contribution is 7.80. The molecule has 0 fully saturated rings. The summed E-state index contributed by atoms with van der Waals surface area (Å²) in [6, 6.07) is -2.61. The molecule has 18 heavy (non-hydrogen) atoms. The highest BCUT2D eigenvalue weighted by Gasteiger charge is 2.33. The summed E-state index contributed by atoms with van der Waals surface area (Å²) in [5.41, 5.74) is 0. The third-order valence-corrected chi connectivity index (χ3v) is 2.69. The minimum Gasteiger partial charge on any atom is -0.480 e. The Labute approximate surface area is 109 Å².